The van der Waals surface area contributed by atoms with Gasteiger partial charge >= 0.3 is 0 Å². The third-order valence-corrected chi connectivity index (χ3v) is 4.80. The molecule has 0 unspecified atom stereocenters. The van der Waals surface area contributed by atoms with Crippen LogP contribution in [-0.4, -0.2) is 11.6 Å². The average Bonchev–Trinajstić information content (AvgIpc) is 2.72. The molecule has 0 saturated heterocycles. The van der Waals surface area contributed by atoms with E-state index in [1.807, 2.05) is 97.9 Å². The molecule has 0 heterocycles. The van der Waals surface area contributed by atoms with Gasteiger partial charge in [-0.15, -0.1) is 0 Å². The van der Waals surface area contributed by atoms with Gasteiger partial charge in [0.2, 0.25) is 0 Å². The standard InChI is InChI=1S/C24H22O2/c1-18(24(26)21-15-9-4-10-16-21)22(19-11-5-2-6-12-19)17-23(25)20-13-7-3-8-14-20/h2-16,18,22H,17H2,1H3/t18-,22-/m0/s1. The summed E-state index contributed by atoms with van der Waals surface area (Å²) in [5.74, 6) is -0.309. The molecule has 0 saturated carbocycles. The maximum atomic E-state index is 13.0. The van der Waals surface area contributed by atoms with Crippen molar-refractivity contribution in [3.63, 3.8) is 0 Å². The van der Waals surface area contributed by atoms with Gasteiger partial charge in [0.15, 0.2) is 11.6 Å². The summed E-state index contributed by atoms with van der Waals surface area (Å²) in [4.78, 5) is 25.7. The zero-order valence-electron chi connectivity index (χ0n) is 14.8. The van der Waals surface area contributed by atoms with Gasteiger partial charge in [0.05, 0.1) is 0 Å². The first-order valence-corrected chi connectivity index (χ1v) is 8.89. The lowest BCUT2D eigenvalue weighted by Gasteiger charge is -2.23. The van der Waals surface area contributed by atoms with E-state index in [-0.39, 0.29) is 23.4 Å². The second-order valence-corrected chi connectivity index (χ2v) is 6.53. The highest BCUT2D eigenvalue weighted by molar-refractivity contribution is 6.00. The Hall–Kier alpha value is -3.00. The molecule has 26 heavy (non-hydrogen) atoms. The molecule has 2 nitrogen and oxygen atoms in total. The Kier molecular flexibility index (Phi) is 5.75. The summed E-state index contributed by atoms with van der Waals surface area (Å²) < 4.78 is 0. The first kappa shape index (κ1) is 17.8. The largest absolute Gasteiger partial charge is 0.294 e. The van der Waals surface area contributed by atoms with Crippen molar-refractivity contribution in [3.05, 3.63) is 108 Å². The summed E-state index contributed by atoms with van der Waals surface area (Å²) in [6.45, 7) is 1.92. The fraction of sp³-hybridized carbons (Fsp3) is 0.167. The molecule has 0 spiro atoms. The molecule has 0 aromatic heterocycles. The van der Waals surface area contributed by atoms with Gasteiger partial charge in [0.1, 0.15) is 0 Å². The normalized spacial score (nSPS) is 13.0. The fourth-order valence-electron chi connectivity index (χ4n) is 3.27. The highest BCUT2D eigenvalue weighted by atomic mass is 16.1. The quantitative estimate of drug-likeness (QED) is 0.527. The molecule has 2 atom stereocenters. The van der Waals surface area contributed by atoms with Crippen molar-refractivity contribution in [1.29, 1.82) is 0 Å². The molecule has 0 fully saturated rings. The summed E-state index contributed by atoms with van der Waals surface area (Å²) in [7, 11) is 0. The van der Waals surface area contributed by atoms with Gasteiger partial charge in [-0.05, 0) is 5.56 Å². The first-order chi connectivity index (χ1) is 12.7. The van der Waals surface area contributed by atoms with E-state index in [1.165, 1.54) is 0 Å². The van der Waals surface area contributed by atoms with E-state index in [1.54, 1.807) is 0 Å². The Balaban J connectivity index is 1.89. The molecule has 130 valence electrons. The third kappa shape index (κ3) is 4.15. The van der Waals surface area contributed by atoms with Gasteiger partial charge in [0.25, 0.3) is 0 Å². The summed E-state index contributed by atoms with van der Waals surface area (Å²) in [5.41, 5.74) is 2.40. The predicted molar refractivity (Wildman–Crippen MR) is 105 cm³/mol. The molecule has 0 aliphatic carbocycles. The maximum Gasteiger partial charge on any atom is 0.166 e. The van der Waals surface area contributed by atoms with Crippen molar-refractivity contribution in [1.82, 2.24) is 0 Å². The highest BCUT2D eigenvalue weighted by Gasteiger charge is 2.28. The van der Waals surface area contributed by atoms with E-state index in [2.05, 4.69) is 0 Å². The number of hydrogen-bond acceptors (Lipinski definition) is 2. The molecule has 0 aliphatic rings. The maximum absolute atomic E-state index is 13.0. The molecule has 0 N–H and O–H groups in total. The van der Waals surface area contributed by atoms with Gasteiger partial charge in [0, 0.05) is 29.4 Å². The van der Waals surface area contributed by atoms with E-state index in [9.17, 15) is 9.59 Å². The van der Waals surface area contributed by atoms with Gasteiger partial charge in [-0.25, -0.2) is 0 Å². The molecule has 3 rings (SSSR count). The lowest BCUT2D eigenvalue weighted by molar-refractivity contribution is 0.0888. The Morgan fingerprint density at radius 1 is 0.692 bits per heavy atom. The average molecular weight is 342 g/mol. The minimum atomic E-state index is -0.285. The number of benzene rings is 3. The van der Waals surface area contributed by atoms with Crippen molar-refractivity contribution in [2.24, 2.45) is 5.92 Å². The monoisotopic (exact) mass is 342 g/mol. The minimum Gasteiger partial charge on any atom is -0.294 e. The van der Waals surface area contributed by atoms with Crippen molar-refractivity contribution >= 4 is 11.6 Å². The van der Waals surface area contributed by atoms with Crippen molar-refractivity contribution in [2.75, 3.05) is 0 Å². The van der Waals surface area contributed by atoms with Crippen LogP contribution < -0.4 is 0 Å². The van der Waals surface area contributed by atoms with Crippen LogP contribution in [0.5, 0.6) is 0 Å². The molecular weight excluding hydrogens is 320 g/mol. The second kappa shape index (κ2) is 8.39. The lowest BCUT2D eigenvalue weighted by atomic mass is 9.79. The topological polar surface area (TPSA) is 34.1 Å². The number of rotatable bonds is 7. The van der Waals surface area contributed by atoms with Crippen LogP contribution in [-0.2, 0) is 0 Å². The molecule has 0 radical (unpaired) electrons. The second-order valence-electron chi connectivity index (χ2n) is 6.53. The highest BCUT2D eigenvalue weighted by Crippen LogP contribution is 2.32. The Bertz CT molecular complexity index is 854. The summed E-state index contributed by atoms with van der Waals surface area (Å²) in [5, 5.41) is 0. The van der Waals surface area contributed by atoms with Crippen LogP contribution in [0.15, 0.2) is 91.0 Å². The van der Waals surface area contributed by atoms with E-state index < -0.39 is 0 Å². The number of ketones is 2. The number of Topliss-reactive ketones (excluding diaryl/α,β-unsaturated/α-hetero) is 2. The molecule has 3 aromatic carbocycles. The van der Waals surface area contributed by atoms with Crippen molar-refractivity contribution in [2.45, 2.75) is 19.3 Å². The van der Waals surface area contributed by atoms with Crippen LogP contribution in [0.4, 0.5) is 0 Å². The Morgan fingerprint density at radius 3 is 1.69 bits per heavy atom. The summed E-state index contributed by atoms with van der Waals surface area (Å²) >= 11 is 0. The van der Waals surface area contributed by atoms with E-state index in [0.717, 1.165) is 5.56 Å². The van der Waals surface area contributed by atoms with Gasteiger partial charge in [-0.3, -0.25) is 9.59 Å². The molecule has 0 amide bonds. The predicted octanol–water partition coefficient (Wildman–Crippen LogP) is 5.56. The van der Waals surface area contributed by atoms with E-state index >= 15 is 0 Å². The third-order valence-electron chi connectivity index (χ3n) is 4.80. The van der Waals surface area contributed by atoms with Crippen molar-refractivity contribution < 1.29 is 9.59 Å². The van der Waals surface area contributed by atoms with E-state index in [4.69, 9.17) is 0 Å². The summed E-state index contributed by atoms with van der Waals surface area (Å²) in [6.07, 6.45) is 0.313. The SMILES string of the molecule is C[C@H](C(=O)c1ccccc1)[C@H](CC(=O)c1ccccc1)c1ccccc1. The molecule has 0 aliphatic heterocycles. The van der Waals surface area contributed by atoms with Crippen LogP contribution in [0.1, 0.15) is 45.5 Å². The van der Waals surface area contributed by atoms with Crippen molar-refractivity contribution in [3.8, 4) is 0 Å². The number of hydrogen-bond donors (Lipinski definition) is 0. The number of carbonyl (C=O) groups excluding carboxylic acids is 2. The molecular formula is C24H22O2. The van der Waals surface area contributed by atoms with Crippen LogP contribution in [0.2, 0.25) is 0 Å². The first-order valence-electron chi connectivity index (χ1n) is 8.89. The van der Waals surface area contributed by atoms with Gasteiger partial charge in [-0.2, -0.15) is 0 Å². The van der Waals surface area contributed by atoms with Gasteiger partial charge < -0.3 is 0 Å². The zero-order chi connectivity index (χ0) is 18.4. The summed E-state index contributed by atoms with van der Waals surface area (Å²) in [6, 6.07) is 28.4. The molecule has 0 bridgehead atoms. The Labute approximate surface area is 154 Å². The molecule has 2 heteroatoms. The fourth-order valence-corrected chi connectivity index (χ4v) is 3.27. The van der Waals surface area contributed by atoms with Gasteiger partial charge in [-0.1, -0.05) is 97.9 Å². The number of carbonyl (C=O) groups is 2. The van der Waals surface area contributed by atoms with Crippen LogP contribution in [0, 0.1) is 5.92 Å². The minimum absolute atomic E-state index is 0.0622. The lowest BCUT2D eigenvalue weighted by Crippen LogP contribution is -2.22. The van der Waals surface area contributed by atoms with Crippen LogP contribution >= 0.6 is 0 Å². The van der Waals surface area contributed by atoms with E-state index in [0.29, 0.717) is 17.5 Å². The van der Waals surface area contributed by atoms with Crippen LogP contribution in [0.25, 0.3) is 0 Å². The smallest absolute Gasteiger partial charge is 0.166 e. The Morgan fingerprint density at radius 2 is 1.15 bits per heavy atom. The van der Waals surface area contributed by atoms with Crippen LogP contribution in [0.3, 0.4) is 0 Å². The molecule has 3 aromatic rings. The zero-order valence-corrected chi connectivity index (χ0v) is 14.8.